The van der Waals surface area contributed by atoms with Crippen molar-refractivity contribution in [1.82, 2.24) is 5.32 Å². The Labute approximate surface area is 101 Å². The summed E-state index contributed by atoms with van der Waals surface area (Å²) < 4.78 is 33.8. The van der Waals surface area contributed by atoms with Gasteiger partial charge in [0.1, 0.15) is 0 Å². The van der Waals surface area contributed by atoms with Gasteiger partial charge in [-0.3, -0.25) is 9.50 Å². The van der Waals surface area contributed by atoms with Crippen molar-refractivity contribution >= 4 is 10.1 Å². The van der Waals surface area contributed by atoms with Gasteiger partial charge in [-0.1, -0.05) is 17.7 Å². The lowest BCUT2D eigenvalue weighted by molar-refractivity contribution is 0.0738. The van der Waals surface area contributed by atoms with E-state index in [-0.39, 0.29) is 17.6 Å². The molecule has 5 nitrogen and oxygen atoms in total. The van der Waals surface area contributed by atoms with Crippen LogP contribution < -0.4 is 5.32 Å². The molecule has 0 aromatic heterocycles. The molecule has 0 saturated carbocycles. The zero-order chi connectivity index (χ0) is 12.3. The molecule has 2 rings (SSSR count). The molecule has 6 heteroatoms. The topological polar surface area (TPSA) is 64.6 Å². The summed E-state index contributed by atoms with van der Waals surface area (Å²) in [6, 6.07) is 6.56. The molecule has 1 atom stereocenters. The number of benzene rings is 1. The summed E-state index contributed by atoms with van der Waals surface area (Å²) in [5.41, 5.74) is 1.01. The lowest BCUT2D eigenvalue weighted by Gasteiger charge is -2.09. The highest BCUT2D eigenvalue weighted by molar-refractivity contribution is 7.86. The lowest BCUT2D eigenvalue weighted by Crippen LogP contribution is -2.22. The van der Waals surface area contributed by atoms with Crippen LogP contribution in [0.2, 0.25) is 0 Å². The van der Waals surface area contributed by atoms with E-state index in [9.17, 15) is 8.42 Å². The molecule has 1 N–H and O–H groups in total. The van der Waals surface area contributed by atoms with Crippen LogP contribution in [0, 0.1) is 6.92 Å². The van der Waals surface area contributed by atoms with Crippen LogP contribution in [0.15, 0.2) is 29.2 Å². The average molecular weight is 257 g/mol. The van der Waals surface area contributed by atoms with Crippen molar-refractivity contribution in [2.45, 2.75) is 17.9 Å². The third kappa shape index (κ3) is 3.26. The molecule has 1 heterocycles. The molecule has 1 aliphatic heterocycles. The Morgan fingerprint density at radius 1 is 1.41 bits per heavy atom. The highest BCUT2D eigenvalue weighted by Crippen LogP contribution is 2.14. The molecular weight excluding hydrogens is 242 g/mol. The van der Waals surface area contributed by atoms with Gasteiger partial charge in [0.15, 0.2) is 0 Å². The fraction of sp³-hybridized carbons (Fsp3) is 0.455. The Morgan fingerprint density at radius 3 is 2.71 bits per heavy atom. The molecule has 0 aliphatic carbocycles. The second-order valence-corrected chi connectivity index (χ2v) is 5.55. The third-order valence-corrected chi connectivity index (χ3v) is 3.81. The smallest absolute Gasteiger partial charge is 0.297 e. The molecule has 0 bridgehead atoms. The SMILES string of the molecule is Cc1ccc(S(=O)(=O)OCC2CNCO2)cc1. The number of rotatable bonds is 4. The molecule has 94 valence electrons. The number of aryl methyl sites for hydroxylation is 1. The second-order valence-electron chi connectivity index (χ2n) is 3.94. The van der Waals surface area contributed by atoms with E-state index in [0.717, 1.165) is 5.56 Å². The zero-order valence-corrected chi connectivity index (χ0v) is 10.4. The molecule has 0 spiro atoms. The Bertz CT molecular complexity index is 463. The molecule has 1 aliphatic rings. The second kappa shape index (κ2) is 5.14. The van der Waals surface area contributed by atoms with E-state index in [1.807, 2.05) is 6.92 Å². The molecule has 0 amide bonds. The summed E-state index contributed by atoms with van der Waals surface area (Å²) in [7, 11) is -3.67. The normalized spacial score (nSPS) is 20.6. The van der Waals surface area contributed by atoms with Crippen molar-refractivity contribution in [2.24, 2.45) is 0 Å². The molecule has 1 saturated heterocycles. The van der Waals surface area contributed by atoms with Crippen LogP contribution in [0.3, 0.4) is 0 Å². The minimum Gasteiger partial charge on any atom is -0.359 e. The number of nitrogens with one attached hydrogen (secondary N) is 1. The first-order valence-electron chi connectivity index (χ1n) is 5.36. The first kappa shape index (κ1) is 12.5. The third-order valence-electron chi connectivity index (χ3n) is 2.51. The quantitative estimate of drug-likeness (QED) is 0.802. The van der Waals surface area contributed by atoms with Gasteiger partial charge in [0, 0.05) is 6.54 Å². The van der Waals surface area contributed by atoms with Crippen LogP contribution in [0.25, 0.3) is 0 Å². The van der Waals surface area contributed by atoms with Crippen LogP contribution in [0.4, 0.5) is 0 Å². The van der Waals surface area contributed by atoms with Crippen molar-refractivity contribution in [3.05, 3.63) is 29.8 Å². The van der Waals surface area contributed by atoms with E-state index in [1.165, 1.54) is 0 Å². The molecule has 1 aromatic carbocycles. The van der Waals surface area contributed by atoms with E-state index >= 15 is 0 Å². The highest BCUT2D eigenvalue weighted by atomic mass is 32.2. The highest BCUT2D eigenvalue weighted by Gasteiger charge is 2.21. The average Bonchev–Trinajstić information content (AvgIpc) is 2.80. The molecular formula is C11H15NO4S. The lowest BCUT2D eigenvalue weighted by atomic mass is 10.2. The zero-order valence-electron chi connectivity index (χ0n) is 9.55. The fourth-order valence-electron chi connectivity index (χ4n) is 1.50. The molecule has 0 radical (unpaired) electrons. The predicted octanol–water partition coefficient (Wildman–Crippen LogP) is 0.646. The van der Waals surface area contributed by atoms with Crippen molar-refractivity contribution in [3.63, 3.8) is 0 Å². The summed E-state index contributed by atoms with van der Waals surface area (Å²) in [4.78, 5) is 0.175. The Morgan fingerprint density at radius 2 is 2.12 bits per heavy atom. The van der Waals surface area contributed by atoms with Crippen LogP contribution in [0.5, 0.6) is 0 Å². The van der Waals surface area contributed by atoms with Crippen molar-refractivity contribution in [2.75, 3.05) is 19.9 Å². The van der Waals surface area contributed by atoms with Crippen LogP contribution >= 0.6 is 0 Å². The van der Waals surface area contributed by atoms with Crippen molar-refractivity contribution in [1.29, 1.82) is 0 Å². The summed E-state index contributed by atoms with van der Waals surface area (Å²) in [5.74, 6) is 0. The number of ether oxygens (including phenoxy) is 1. The Balaban J connectivity index is 2.00. The molecule has 1 aromatic rings. The first-order chi connectivity index (χ1) is 8.08. The van der Waals surface area contributed by atoms with Crippen molar-refractivity contribution in [3.8, 4) is 0 Å². The largest absolute Gasteiger partial charge is 0.359 e. The summed E-state index contributed by atoms with van der Waals surface area (Å²) >= 11 is 0. The molecule has 1 unspecified atom stereocenters. The van der Waals surface area contributed by atoms with E-state index in [2.05, 4.69) is 5.32 Å². The monoisotopic (exact) mass is 257 g/mol. The maximum absolute atomic E-state index is 11.8. The number of hydrogen-bond donors (Lipinski definition) is 1. The standard InChI is InChI=1S/C11H15NO4S/c1-9-2-4-11(5-3-9)17(13,14)16-7-10-6-12-8-15-10/h2-5,10,12H,6-8H2,1H3. The molecule has 17 heavy (non-hydrogen) atoms. The van der Waals surface area contributed by atoms with Gasteiger partial charge in [0.05, 0.1) is 24.3 Å². The van der Waals surface area contributed by atoms with Gasteiger partial charge < -0.3 is 4.74 Å². The maximum atomic E-state index is 11.8. The van der Waals surface area contributed by atoms with Gasteiger partial charge in [0.2, 0.25) is 0 Å². The van der Waals surface area contributed by atoms with E-state index < -0.39 is 10.1 Å². The number of hydrogen-bond acceptors (Lipinski definition) is 5. The van der Waals surface area contributed by atoms with Gasteiger partial charge in [-0.25, -0.2) is 0 Å². The summed E-state index contributed by atoms with van der Waals surface area (Å²) in [6.45, 7) is 3.00. The Kier molecular flexibility index (Phi) is 3.78. The summed E-state index contributed by atoms with van der Waals surface area (Å²) in [6.07, 6.45) is -0.199. The van der Waals surface area contributed by atoms with E-state index in [4.69, 9.17) is 8.92 Å². The van der Waals surface area contributed by atoms with Crippen LogP contribution in [0.1, 0.15) is 5.56 Å². The first-order valence-corrected chi connectivity index (χ1v) is 6.77. The van der Waals surface area contributed by atoms with Gasteiger partial charge in [0.25, 0.3) is 10.1 Å². The van der Waals surface area contributed by atoms with Gasteiger partial charge >= 0.3 is 0 Å². The molecule has 1 fully saturated rings. The van der Waals surface area contributed by atoms with Gasteiger partial charge in [-0.05, 0) is 19.1 Å². The van der Waals surface area contributed by atoms with Gasteiger partial charge in [-0.15, -0.1) is 0 Å². The van der Waals surface area contributed by atoms with Crippen LogP contribution in [-0.4, -0.2) is 34.4 Å². The predicted molar refractivity (Wildman–Crippen MR) is 62.1 cm³/mol. The van der Waals surface area contributed by atoms with Crippen LogP contribution in [-0.2, 0) is 19.0 Å². The minimum atomic E-state index is -3.67. The summed E-state index contributed by atoms with van der Waals surface area (Å²) in [5, 5.41) is 2.96. The van der Waals surface area contributed by atoms with E-state index in [0.29, 0.717) is 13.3 Å². The Hall–Kier alpha value is -0.950. The fourth-order valence-corrected chi connectivity index (χ4v) is 2.44. The maximum Gasteiger partial charge on any atom is 0.297 e. The van der Waals surface area contributed by atoms with Gasteiger partial charge in [-0.2, -0.15) is 8.42 Å². The minimum absolute atomic E-state index is 0.0449. The van der Waals surface area contributed by atoms with E-state index in [1.54, 1.807) is 24.3 Å². The van der Waals surface area contributed by atoms with Crippen molar-refractivity contribution < 1.29 is 17.3 Å².